The van der Waals surface area contributed by atoms with Gasteiger partial charge in [0.05, 0.1) is 16.5 Å². The number of nitrogens with zero attached hydrogens (tertiary/aromatic N) is 3. The summed E-state index contributed by atoms with van der Waals surface area (Å²) < 4.78 is 45.3. The minimum atomic E-state index is -4.39. The van der Waals surface area contributed by atoms with Gasteiger partial charge in [0.25, 0.3) is 0 Å². The van der Waals surface area contributed by atoms with Crippen LogP contribution in [-0.4, -0.2) is 34.4 Å². The van der Waals surface area contributed by atoms with Gasteiger partial charge < -0.3 is 9.64 Å². The fraction of sp³-hybridized carbons (Fsp3) is 0.368. The molecule has 1 aromatic carbocycles. The van der Waals surface area contributed by atoms with Crippen molar-refractivity contribution in [1.29, 1.82) is 0 Å². The van der Waals surface area contributed by atoms with Crippen LogP contribution in [0.15, 0.2) is 30.5 Å². The molecule has 0 spiro atoms. The number of ether oxygens (including phenoxy) is 1. The first-order valence-corrected chi connectivity index (χ1v) is 8.90. The average molecular weight is 374 g/mol. The Morgan fingerprint density at radius 1 is 1.15 bits per heavy atom. The number of anilines is 1. The van der Waals surface area contributed by atoms with Crippen LogP contribution >= 0.6 is 0 Å². The molecule has 0 saturated carbocycles. The van der Waals surface area contributed by atoms with Gasteiger partial charge in [-0.1, -0.05) is 6.07 Å². The molecule has 2 aromatic heterocycles. The molecule has 1 fully saturated rings. The lowest BCUT2D eigenvalue weighted by Crippen LogP contribution is -2.39. The van der Waals surface area contributed by atoms with Crippen molar-refractivity contribution in [1.82, 2.24) is 15.2 Å². The number of alkyl halides is 3. The summed E-state index contributed by atoms with van der Waals surface area (Å²) in [6.07, 6.45) is -0.958. The van der Waals surface area contributed by atoms with Crippen molar-refractivity contribution in [3.63, 3.8) is 0 Å². The molecule has 3 aromatic rings. The fourth-order valence-electron chi connectivity index (χ4n) is 4.03. The molecule has 5 rings (SSSR count). The molecule has 0 bridgehead atoms. The van der Waals surface area contributed by atoms with Crippen molar-refractivity contribution < 1.29 is 17.9 Å². The van der Waals surface area contributed by atoms with Crippen LogP contribution in [0.1, 0.15) is 24.0 Å². The van der Waals surface area contributed by atoms with Gasteiger partial charge in [0.1, 0.15) is 11.5 Å². The smallest absolute Gasteiger partial charge is 0.381 e. The van der Waals surface area contributed by atoms with E-state index in [4.69, 9.17) is 4.74 Å². The van der Waals surface area contributed by atoms with E-state index in [1.165, 1.54) is 6.07 Å². The lowest BCUT2D eigenvalue weighted by molar-refractivity contribution is -0.137. The van der Waals surface area contributed by atoms with Crippen molar-refractivity contribution in [3.05, 3.63) is 41.6 Å². The van der Waals surface area contributed by atoms with Crippen molar-refractivity contribution in [2.45, 2.75) is 31.6 Å². The molecule has 1 N–H and O–H groups in total. The number of hydrogen-bond acceptors (Lipinski definition) is 4. The molecular formula is C19H17F3N4O. The number of halogens is 3. The monoisotopic (exact) mass is 374 g/mol. The quantitative estimate of drug-likeness (QED) is 0.696. The standard InChI is InChI=1S/C19H17F3N4O/c20-19(21,22)12-2-1-11-10-26(13-4-7-27-8-5-13)18-16-15(3-6-23-18)24-25-17(16)14(11)9-12/h1-3,6,9,13H,4-5,7-8,10H2,(H,24,25). The summed E-state index contributed by atoms with van der Waals surface area (Å²) in [6.45, 7) is 1.85. The van der Waals surface area contributed by atoms with Crippen LogP contribution in [0.25, 0.3) is 22.2 Å². The second kappa shape index (κ2) is 5.95. The summed E-state index contributed by atoms with van der Waals surface area (Å²) in [5, 5.41) is 8.07. The summed E-state index contributed by atoms with van der Waals surface area (Å²) in [5.74, 6) is 0.771. The molecule has 140 valence electrons. The number of rotatable bonds is 1. The SMILES string of the molecule is FC(F)(F)c1ccc2c(c1)-c1n[nH]c3ccnc(c13)N(C1CCOCC1)C2. The predicted octanol–water partition coefficient (Wildman–Crippen LogP) is 4.14. The second-order valence-corrected chi connectivity index (χ2v) is 6.97. The summed E-state index contributed by atoms with van der Waals surface area (Å²) in [7, 11) is 0. The molecule has 2 aliphatic rings. The summed E-state index contributed by atoms with van der Waals surface area (Å²) in [5.41, 5.74) is 1.98. The highest BCUT2D eigenvalue weighted by Crippen LogP contribution is 2.42. The van der Waals surface area contributed by atoms with E-state index in [-0.39, 0.29) is 6.04 Å². The Morgan fingerprint density at radius 2 is 1.96 bits per heavy atom. The van der Waals surface area contributed by atoms with E-state index >= 15 is 0 Å². The van der Waals surface area contributed by atoms with Gasteiger partial charge in [-0.25, -0.2) is 4.98 Å². The number of aromatic nitrogens is 3. The van der Waals surface area contributed by atoms with Crippen molar-refractivity contribution in [3.8, 4) is 11.3 Å². The number of hydrogen-bond donors (Lipinski definition) is 1. The Bertz CT molecular complexity index is 1010. The molecule has 1 saturated heterocycles. The molecule has 0 radical (unpaired) electrons. The number of aromatic amines is 1. The molecule has 5 nitrogen and oxygen atoms in total. The van der Waals surface area contributed by atoms with Crippen LogP contribution in [0.5, 0.6) is 0 Å². The van der Waals surface area contributed by atoms with Crippen LogP contribution in [-0.2, 0) is 17.5 Å². The highest BCUT2D eigenvalue weighted by atomic mass is 19.4. The molecule has 0 aliphatic carbocycles. The zero-order chi connectivity index (χ0) is 18.6. The van der Waals surface area contributed by atoms with Gasteiger partial charge in [-0.2, -0.15) is 18.3 Å². The van der Waals surface area contributed by atoms with E-state index < -0.39 is 11.7 Å². The Morgan fingerprint density at radius 3 is 2.74 bits per heavy atom. The first-order valence-electron chi connectivity index (χ1n) is 8.90. The third-order valence-electron chi connectivity index (χ3n) is 5.39. The average Bonchev–Trinajstić information content (AvgIpc) is 3.04. The van der Waals surface area contributed by atoms with Gasteiger partial charge in [0, 0.05) is 37.6 Å². The molecule has 0 unspecified atom stereocenters. The van der Waals surface area contributed by atoms with E-state index in [9.17, 15) is 13.2 Å². The van der Waals surface area contributed by atoms with E-state index in [1.807, 2.05) is 0 Å². The van der Waals surface area contributed by atoms with Gasteiger partial charge in [-0.05, 0) is 36.6 Å². The van der Waals surface area contributed by atoms with E-state index in [0.29, 0.717) is 31.0 Å². The number of nitrogens with one attached hydrogen (secondary N) is 1. The predicted molar refractivity (Wildman–Crippen MR) is 94.4 cm³/mol. The molecule has 0 atom stereocenters. The number of pyridine rings is 1. The zero-order valence-electron chi connectivity index (χ0n) is 14.4. The number of benzene rings is 1. The van der Waals surface area contributed by atoms with E-state index in [1.54, 1.807) is 18.3 Å². The highest BCUT2D eigenvalue weighted by molar-refractivity contribution is 6.02. The van der Waals surface area contributed by atoms with E-state index in [2.05, 4.69) is 20.1 Å². The van der Waals surface area contributed by atoms with Crippen molar-refractivity contribution in [2.24, 2.45) is 0 Å². The van der Waals surface area contributed by atoms with Crippen molar-refractivity contribution in [2.75, 3.05) is 18.1 Å². The maximum absolute atomic E-state index is 13.3. The topological polar surface area (TPSA) is 54.0 Å². The Balaban J connectivity index is 1.73. The first-order chi connectivity index (χ1) is 13.0. The Kier molecular flexibility index (Phi) is 3.65. The Labute approximate surface area is 153 Å². The summed E-state index contributed by atoms with van der Waals surface area (Å²) in [4.78, 5) is 6.78. The fourth-order valence-corrected chi connectivity index (χ4v) is 4.03. The highest BCUT2D eigenvalue weighted by Gasteiger charge is 2.34. The zero-order valence-corrected chi connectivity index (χ0v) is 14.4. The minimum absolute atomic E-state index is 0.229. The second-order valence-electron chi connectivity index (χ2n) is 6.97. The third-order valence-corrected chi connectivity index (χ3v) is 5.39. The van der Waals surface area contributed by atoms with Crippen LogP contribution in [0.3, 0.4) is 0 Å². The summed E-state index contributed by atoms with van der Waals surface area (Å²) >= 11 is 0. The molecule has 4 heterocycles. The minimum Gasteiger partial charge on any atom is -0.381 e. The van der Waals surface area contributed by atoms with Gasteiger partial charge in [0.15, 0.2) is 0 Å². The third kappa shape index (κ3) is 2.66. The first kappa shape index (κ1) is 16.6. The molecule has 0 amide bonds. The largest absolute Gasteiger partial charge is 0.416 e. The maximum Gasteiger partial charge on any atom is 0.416 e. The van der Waals surface area contributed by atoms with E-state index in [0.717, 1.165) is 41.2 Å². The van der Waals surface area contributed by atoms with Gasteiger partial charge in [-0.3, -0.25) is 5.10 Å². The normalized spacial score (nSPS) is 17.8. The van der Waals surface area contributed by atoms with Crippen LogP contribution < -0.4 is 4.90 Å². The molecule has 2 aliphatic heterocycles. The van der Waals surface area contributed by atoms with Crippen LogP contribution in [0.4, 0.5) is 19.0 Å². The van der Waals surface area contributed by atoms with Crippen LogP contribution in [0.2, 0.25) is 0 Å². The summed E-state index contributed by atoms with van der Waals surface area (Å²) in [6, 6.07) is 5.95. The molecule has 8 heteroatoms. The van der Waals surface area contributed by atoms with Crippen LogP contribution in [0, 0.1) is 0 Å². The maximum atomic E-state index is 13.3. The van der Waals surface area contributed by atoms with Gasteiger partial charge in [-0.15, -0.1) is 0 Å². The lowest BCUT2D eigenvalue weighted by Gasteiger charge is -2.35. The van der Waals surface area contributed by atoms with Gasteiger partial charge >= 0.3 is 6.18 Å². The number of fused-ring (bicyclic) bond motifs is 2. The number of H-pyrrole nitrogens is 1. The van der Waals surface area contributed by atoms with Crippen molar-refractivity contribution >= 4 is 16.7 Å². The molecule has 27 heavy (non-hydrogen) atoms. The lowest BCUT2D eigenvalue weighted by atomic mass is 9.99. The molecular weight excluding hydrogens is 357 g/mol. The van der Waals surface area contributed by atoms with Gasteiger partial charge in [0.2, 0.25) is 0 Å². The Hall–Kier alpha value is -2.61.